The molecule has 0 unspecified atom stereocenters. The summed E-state index contributed by atoms with van der Waals surface area (Å²) in [5.74, 6) is 3.10. The van der Waals surface area contributed by atoms with Gasteiger partial charge in [-0.25, -0.2) is 9.67 Å². The van der Waals surface area contributed by atoms with E-state index in [1.165, 1.54) is 5.56 Å². The zero-order chi connectivity index (χ0) is 16.4. The lowest BCUT2D eigenvalue weighted by molar-refractivity contribution is 0.206. The van der Waals surface area contributed by atoms with Gasteiger partial charge in [-0.1, -0.05) is 18.2 Å². The van der Waals surface area contributed by atoms with Gasteiger partial charge in [0, 0.05) is 42.9 Å². The molecule has 2 aromatic heterocycles. The van der Waals surface area contributed by atoms with E-state index in [4.69, 9.17) is 0 Å². The van der Waals surface area contributed by atoms with Crippen molar-refractivity contribution in [1.29, 1.82) is 0 Å². The van der Waals surface area contributed by atoms with Crippen molar-refractivity contribution in [2.45, 2.75) is 12.6 Å². The van der Waals surface area contributed by atoms with Crippen LogP contribution in [0.4, 0.5) is 0 Å². The number of hydrogen-bond donors (Lipinski definition) is 0. The molecule has 3 heterocycles. The number of aromatic nitrogens is 5. The number of nitrogens with zero attached hydrogens (tertiary/aromatic N) is 6. The number of benzene rings is 1. The molecule has 1 aromatic carbocycles. The largest absolute Gasteiger partial charge is 0.287 e. The maximum absolute atomic E-state index is 4.64. The van der Waals surface area contributed by atoms with Crippen molar-refractivity contribution in [2.24, 2.45) is 7.05 Å². The Morgan fingerprint density at radius 3 is 2.92 bits per heavy atom. The SMILES string of the molecule is Cn1cc([C@@H]2CSCCN2Cc2ncn(-c3ccccc3)n2)cn1. The molecule has 0 spiro atoms. The summed E-state index contributed by atoms with van der Waals surface area (Å²) in [6.07, 6.45) is 5.88. The summed E-state index contributed by atoms with van der Waals surface area (Å²) in [4.78, 5) is 6.96. The summed E-state index contributed by atoms with van der Waals surface area (Å²) in [6, 6.07) is 10.5. The normalized spacial score (nSPS) is 18.8. The van der Waals surface area contributed by atoms with E-state index in [9.17, 15) is 0 Å². The molecule has 4 rings (SSSR count). The molecule has 0 aliphatic carbocycles. The smallest absolute Gasteiger partial charge is 0.165 e. The maximum Gasteiger partial charge on any atom is 0.165 e. The van der Waals surface area contributed by atoms with Crippen LogP contribution in [-0.4, -0.2) is 47.5 Å². The second-order valence-electron chi connectivity index (χ2n) is 5.95. The van der Waals surface area contributed by atoms with Gasteiger partial charge in [-0.05, 0) is 12.1 Å². The van der Waals surface area contributed by atoms with Gasteiger partial charge in [-0.3, -0.25) is 9.58 Å². The minimum absolute atomic E-state index is 0.376. The van der Waals surface area contributed by atoms with E-state index in [2.05, 4.69) is 26.3 Å². The van der Waals surface area contributed by atoms with Gasteiger partial charge >= 0.3 is 0 Å². The van der Waals surface area contributed by atoms with E-state index in [1.807, 2.05) is 64.7 Å². The monoisotopic (exact) mass is 340 g/mol. The second kappa shape index (κ2) is 6.78. The van der Waals surface area contributed by atoms with E-state index in [1.54, 1.807) is 6.33 Å². The molecule has 6 nitrogen and oxygen atoms in total. The molecule has 0 radical (unpaired) electrons. The highest BCUT2D eigenvalue weighted by Crippen LogP contribution is 2.30. The topological polar surface area (TPSA) is 51.8 Å². The first-order valence-electron chi connectivity index (χ1n) is 8.06. The standard InChI is InChI=1S/C17H20N6S/c1-21-10-14(9-19-21)16-12-24-8-7-22(16)11-17-18-13-23(20-17)15-5-3-2-4-6-15/h2-6,9-10,13,16H,7-8,11-12H2,1H3/t16-/m0/s1. The molecular formula is C17H20N6S. The molecule has 0 saturated carbocycles. The number of hydrogen-bond acceptors (Lipinski definition) is 5. The fraction of sp³-hybridized carbons (Fsp3) is 0.353. The van der Waals surface area contributed by atoms with Crippen molar-refractivity contribution < 1.29 is 0 Å². The minimum atomic E-state index is 0.376. The lowest BCUT2D eigenvalue weighted by Gasteiger charge is -2.34. The minimum Gasteiger partial charge on any atom is -0.287 e. The highest BCUT2D eigenvalue weighted by molar-refractivity contribution is 7.99. The molecule has 0 amide bonds. The van der Waals surface area contributed by atoms with Crippen LogP contribution in [0.1, 0.15) is 17.4 Å². The van der Waals surface area contributed by atoms with Crippen molar-refractivity contribution in [3.05, 3.63) is 60.4 Å². The molecule has 124 valence electrons. The first-order valence-corrected chi connectivity index (χ1v) is 9.21. The van der Waals surface area contributed by atoms with E-state index >= 15 is 0 Å². The molecular weight excluding hydrogens is 320 g/mol. The van der Waals surface area contributed by atoms with E-state index in [0.29, 0.717) is 6.04 Å². The lowest BCUT2D eigenvalue weighted by Crippen LogP contribution is -2.35. The highest BCUT2D eigenvalue weighted by Gasteiger charge is 2.26. The van der Waals surface area contributed by atoms with Crippen molar-refractivity contribution in [3.63, 3.8) is 0 Å². The van der Waals surface area contributed by atoms with E-state index in [-0.39, 0.29) is 0 Å². The van der Waals surface area contributed by atoms with Crippen LogP contribution in [0.25, 0.3) is 5.69 Å². The number of aryl methyl sites for hydroxylation is 1. The van der Waals surface area contributed by atoms with Crippen LogP contribution in [0.3, 0.4) is 0 Å². The summed E-state index contributed by atoms with van der Waals surface area (Å²) in [5, 5.41) is 8.97. The molecule has 1 atom stereocenters. The third kappa shape index (κ3) is 3.22. The Hall–Kier alpha value is -2.12. The maximum atomic E-state index is 4.64. The number of rotatable bonds is 4. The van der Waals surface area contributed by atoms with Crippen molar-refractivity contribution >= 4 is 11.8 Å². The van der Waals surface area contributed by atoms with Crippen LogP contribution in [0.15, 0.2) is 49.1 Å². The van der Waals surface area contributed by atoms with Gasteiger partial charge in [-0.15, -0.1) is 5.10 Å². The predicted octanol–water partition coefficient (Wildman–Crippen LogP) is 2.29. The Balaban J connectivity index is 1.52. The molecule has 7 heteroatoms. The third-order valence-electron chi connectivity index (χ3n) is 4.25. The Kier molecular flexibility index (Phi) is 4.36. The fourth-order valence-electron chi connectivity index (χ4n) is 3.00. The molecule has 3 aromatic rings. The second-order valence-corrected chi connectivity index (χ2v) is 7.10. The Morgan fingerprint density at radius 1 is 1.25 bits per heavy atom. The summed E-state index contributed by atoms with van der Waals surface area (Å²) in [6.45, 7) is 1.81. The molecule has 24 heavy (non-hydrogen) atoms. The van der Waals surface area contributed by atoms with Gasteiger partial charge in [0.1, 0.15) is 6.33 Å². The van der Waals surface area contributed by atoms with Crippen LogP contribution >= 0.6 is 11.8 Å². The van der Waals surface area contributed by atoms with Crippen LogP contribution < -0.4 is 0 Å². The van der Waals surface area contributed by atoms with Crippen LogP contribution in [0.2, 0.25) is 0 Å². The summed E-state index contributed by atoms with van der Waals surface area (Å²) >= 11 is 2.00. The van der Waals surface area contributed by atoms with Crippen LogP contribution in [0.5, 0.6) is 0 Å². The highest BCUT2D eigenvalue weighted by atomic mass is 32.2. The van der Waals surface area contributed by atoms with Crippen molar-refractivity contribution in [3.8, 4) is 5.69 Å². The quantitative estimate of drug-likeness (QED) is 0.729. The Morgan fingerprint density at radius 2 is 2.12 bits per heavy atom. The Bertz CT molecular complexity index is 796. The zero-order valence-electron chi connectivity index (χ0n) is 13.6. The summed E-state index contributed by atoms with van der Waals surface area (Å²) < 4.78 is 3.71. The van der Waals surface area contributed by atoms with Crippen molar-refractivity contribution in [2.75, 3.05) is 18.1 Å². The molecule has 1 aliphatic rings. The van der Waals surface area contributed by atoms with E-state index in [0.717, 1.165) is 36.1 Å². The third-order valence-corrected chi connectivity index (χ3v) is 5.28. The molecule has 0 N–H and O–H groups in total. The van der Waals surface area contributed by atoms with Gasteiger partial charge in [0.15, 0.2) is 5.82 Å². The molecule has 1 aliphatic heterocycles. The average Bonchev–Trinajstić information content (AvgIpc) is 3.25. The van der Waals surface area contributed by atoms with Gasteiger partial charge in [0.05, 0.1) is 18.4 Å². The van der Waals surface area contributed by atoms with Gasteiger partial charge in [0.25, 0.3) is 0 Å². The zero-order valence-corrected chi connectivity index (χ0v) is 14.4. The van der Waals surface area contributed by atoms with Crippen molar-refractivity contribution in [1.82, 2.24) is 29.4 Å². The predicted molar refractivity (Wildman–Crippen MR) is 95.0 cm³/mol. The average molecular weight is 340 g/mol. The first kappa shape index (κ1) is 15.4. The summed E-state index contributed by atoms with van der Waals surface area (Å²) in [5.41, 5.74) is 2.31. The molecule has 1 fully saturated rings. The number of para-hydroxylation sites is 1. The first-order chi connectivity index (χ1) is 11.8. The van der Waals surface area contributed by atoms with Gasteiger partial charge in [0.2, 0.25) is 0 Å². The lowest BCUT2D eigenvalue weighted by atomic mass is 10.1. The number of thioether (sulfide) groups is 1. The van der Waals surface area contributed by atoms with Crippen LogP contribution in [0, 0.1) is 0 Å². The molecule has 1 saturated heterocycles. The molecule has 0 bridgehead atoms. The summed E-state index contributed by atoms with van der Waals surface area (Å²) in [7, 11) is 1.97. The van der Waals surface area contributed by atoms with Gasteiger partial charge < -0.3 is 0 Å². The Labute approximate surface area is 145 Å². The van der Waals surface area contributed by atoms with Gasteiger partial charge in [-0.2, -0.15) is 16.9 Å². The van der Waals surface area contributed by atoms with Crippen LogP contribution in [-0.2, 0) is 13.6 Å². The van der Waals surface area contributed by atoms with E-state index < -0.39 is 0 Å². The fourth-order valence-corrected chi connectivity index (χ4v) is 4.16.